The summed E-state index contributed by atoms with van der Waals surface area (Å²) in [6, 6.07) is 0. The molecule has 0 spiro atoms. The molecule has 254 valence electrons. The van der Waals surface area contributed by atoms with Gasteiger partial charge in [-0.15, -0.1) is 0 Å². The van der Waals surface area contributed by atoms with Gasteiger partial charge in [-0.1, -0.05) is 55.4 Å². The number of halogens is 2. The van der Waals surface area contributed by atoms with Gasteiger partial charge in [0.1, 0.15) is 22.4 Å². The number of nitrogens with one attached hydrogen (secondary N) is 2. The number of nitro groups is 2. The molecule has 0 saturated heterocycles. The molecule has 0 saturated carbocycles. The van der Waals surface area contributed by atoms with E-state index in [9.17, 15) is 20.2 Å². The number of aromatic amines is 2. The van der Waals surface area contributed by atoms with Crippen molar-refractivity contribution in [2.45, 2.75) is 107 Å². The number of rotatable bonds is 10. The van der Waals surface area contributed by atoms with Crippen molar-refractivity contribution in [1.82, 2.24) is 19.9 Å². The van der Waals surface area contributed by atoms with Gasteiger partial charge in [0.05, 0.1) is 41.2 Å². The summed E-state index contributed by atoms with van der Waals surface area (Å²) in [6.07, 6.45) is 4.63. The smallest absolute Gasteiger partial charge is 0.318 e. The molecule has 48 heavy (non-hydrogen) atoms. The average Bonchev–Trinajstić information content (AvgIpc) is 3.83. The number of aryl methyl sites for hydroxylation is 4. The Morgan fingerprint density at radius 1 is 0.479 bits per heavy atom. The first-order chi connectivity index (χ1) is 23.0. The second-order valence-corrected chi connectivity index (χ2v) is 13.5. The van der Waals surface area contributed by atoms with Gasteiger partial charge in [-0.2, -0.15) is 0 Å². The fraction of sp³-hybridized carbons (Fsp3) is 0.444. The SMILES string of the molecule is CCC1=C(CC)c2nc1c(Br)c1[nH]c(c(CC)c1CC)c([N+](=O)[O-])c1nc(c([N+](=O)[O-])c3[nH]c(c2Br)c(CC)c3CC)C(CC)=C1CC. The first kappa shape index (κ1) is 35.7. The van der Waals surface area contributed by atoms with Gasteiger partial charge in [-0.25, -0.2) is 9.97 Å². The van der Waals surface area contributed by atoms with Crippen molar-refractivity contribution >= 4 is 87.6 Å². The zero-order chi connectivity index (χ0) is 35.2. The molecule has 0 aliphatic carbocycles. The molecule has 0 amide bonds. The second kappa shape index (κ2) is 14.1. The highest BCUT2D eigenvalue weighted by atomic mass is 79.9. The Bertz CT molecular complexity index is 1960. The maximum atomic E-state index is 13.2. The Labute approximate surface area is 297 Å². The van der Waals surface area contributed by atoms with Crippen molar-refractivity contribution in [1.29, 1.82) is 0 Å². The van der Waals surface area contributed by atoms with Crippen LogP contribution >= 0.6 is 31.9 Å². The first-order valence-electron chi connectivity index (χ1n) is 16.9. The van der Waals surface area contributed by atoms with Gasteiger partial charge in [0.2, 0.25) is 0 Å². The first-order valence-corrected chi connectivity index (χ1v) is 18.5. The standard InChI is InChI=1S/C36H42Br2N6O4/c1-9-17-18(10-2)28-26(38)30-20(12-4)22(14-6)32(41-30)36(44(47)48)34-24(16-8)23(15-7)33(42-34)35(43(45)46)31-21(13-5)19(11-3)29(40-31)25(37)27(17)39-28/h40-41H,9-16H2,1-8H3. The fourth-order valence-electron chi connectivity index (χ4n) is 7.67. The van der Waals surface area contributed by atoms with Crippen molar-refractivity contribution in [3.8, 4) is 0 Å². The number of allylic oxidation sites excluding steroid dienone is 4. The third kappa shape index (κ3) is 5.35. The number of nitrogens with zero attached hydrogens (tertiary/aromatic N) is 4. The minimum absolute atomic E-state index is 0.171. The van der Waals surface area contributed by atoms with Crippen LogP contribution in [0.25, 0.3) is 44.4 Å². The number of hydrogen-bond acceptors (Lipinski definition) is 6. The number of H-pyrrole nitrogens is 2. The van der Waals surface area contributed by atoms with Gasteiger partial charge < -0.3 is 9.97 Å². The Hall–Kier alpha value is -3.64. The number of aromatic nitrogens is 4. The van der Waals surface area contributed by atoms with Crippen LogP contribution in [0.3, 0.4) is 0 Å². The van der Waals surface area contributed by atoms with Crippen LogP contribution < -0.4 is 0 Å². The zero-order valence-electron chi connectivity index (χ0n) is 28.8. The number of fused-ring (bicyclic) bond motifs is 8. The largest absolute Gasteiger partial charge is 0.348 e. The minimum atomic E-state index is -0.390. The summed E-state index contributed by atoms with van der Waals surface area (Å²) in [6.45, 7) is 16.1. The maximum Gasteiger partial charge on any atom is 0.318 e. The van der Waals surface area contributed by atoms with Crippen molar-refractivity contribution in [3.63, 3.8) is 0 Å². The van der Waals surface area contributed by atoms with Crippen molar-refractivity contribution < 1.29 is 9.85 Å². The number of hydrogen-bond donors (Lipinski definition) is 2. The summed E-state index contributed by atoms with van der Waals surface area (Å²) in [7, 11) is 0. The highest BCUT2D eigenvalue weighted by Gasteiger charge is 2.35. The Morgan fingerprint density at radius 3 is 1.02 bits per heavy atom. The van der Waals surface area contributed by atoms with Crippen LogP contribution in [-0.4, -0.2) is 29.8 Å². The molecular weight excluding hydrogens is 740 g/mol. The van der Waals surface area contributed by atoms with Crippen molar-refractivity contribution in [2.24, 2.45) is 0 Å². The molecule has 0 fully saturated rings. The lowest BCUT2D eigenvalue weighted by Gasteiger charge is -2.06. The van der Waals surface area contributed by atoms with Crippen molar-refractivity contribution in [3.05, 3.63) is 74.2 Å². The molecule has 0 unspecified atom stereocenters. The minimum Gasteiger partial charge on any atom is -0.348 e. The van der Waals surface area contributed by atoms with E-state index in [1.807, 2.05) is 41.5 Å². The fourth-order valence-corrected chi connectivity index (χ4v) is 9.00. The molecular formula is C36H42Br2N6O4. The van der Waals surface area contributed by atoms with E-state index in [0.29, 0.717) is 60.7 Å². The van der Waals surface area contributed by atoms with Gasteiger partial charge in [0.15, 0.2) is 0 Å². The van der Waals surface area contributed by atoms with E-state index in [1.165, 1.54) is 0 Å². The zero-order valence-corrected chi connectivity index (χ0v) is 32.0. The van der Waals surface area contributed by atoms with Gasteiger partial charge in [-0.3, -0.25) is 20.2 Å². The van der Waals surface area contributed by atoms with E-state index in [-0.39, 0.29) is 22.8 Å². The van der Waals surface area contributed by atoms with Gasteiger partial charge in [-0.05, 0) is 128 Å². The third-order valence-corrected chi connectivity index (χ3v) is 11.3. The van der Waals surface area contributed by atoms with Crippen molar-refractivity contribution in [2.75, 3.05) is 0 Å². The lowest BCUT2D eigenvalue weighted by atomic mass is 9.97. The molecule has 8 bridgehead atoms. The van der Waals surface area contributed by atoms with Crippen LogP contribution in [0.4, 0.5) is 11.4 Å². The highest BCUT2D eigenvalue weighted by Crippen LogP contribution is 2.47. The summed E-state index contributed by atoms with van der Waals surface area (Å²) in [4.78, 5) is 42.6. The lowest BCUT2D eigenvalue weighted by Crippen LogP contribution is -1.98. The van der Waals surface area contributed by atoms with E-state index in [1.54, 1.807) is 0 Å². The van der Waals surface area contributed by atoms with Crippen LogP contribution in [-0.2, 0) is 25.7 Å². The van der Waals surface area contributed by atoms with Gasteiger partial charge in [0, 0.05) is 0 Å². The predicted octanol–water partition coefficient (Wildman–Crippen LogP) is 11.4. The van der Waals surface area contributed by atoms with E-state index < -0.39 is 9.85 Å². The summed E-state index contributed by atoms with van der Waals surface area (Å²) in [5.74, 6) is 0. The average molecular weight is 783 g/mol. The van der Waals surface area contributed by atoms with E-state index >= 15 is 0 Å². The summed E-state index contributed by atoms with van der Waals surface area (Å²) in [5.41, 5.74) is 10.8. The van der Waals surface area contributed by atoms with Gasteiger partial charge in [0.25, 0.3) is 0 Å². The lowest BCUT2D eigenvalue weighted by molar-refractivity contribution is -0.384. The summed E-state index contributed by atoms with van der Waals surface area (Å²) in [5, 5.41) is 26.3. The van der Waals surface area contributed by atoms with Crippen LogP contribution in [0.1, 0.15) is 126 Å². The van der Waals surface area contributed by atoms with E-state index in [0.717, 1.165) is 77.6 Å². The van der Waals surface area contributed by atoms with Gasteiger partial charge >= 0.3 is 11.4 Å². The van der Waals surface area contributed by atoms with Crippen LogP contribution in [0.2, 0.25) is 0 Å². The summed E-state index contributed by atoms with van der Waals surface area (Å²) < 4.78 is 1.49. The van der Waals surface area contributed by atoms with E-state index in [2.05, 4.69) is 55.7 Å². The quantitative estimate of drug-likeness (QED) is 0.155. The molecule has 2 aliphatic heterocycles. The second-order valence-electron chi connectivity index (χ2n) is 11.9. The van der Waals surface area contributed by atoms with E-state index in [4.69, 9.17) is 9.97 Å². The molecule has 10 nitrogen and oxygen atoms in total. The maximum absolute atomic E-state index is 13.2. The molecule has 0 atom stereocenters. The molecule has 2 N–H and O–H groups in total. The normalized spacial score (nSPS) is 13.2. The topological polar surface area (TPSA) is 144 Å². The predicted molar refractivity (Wildman–Crippen MR) is 202 cm³/mol. The molecule has 2 aliphatic rings. The third-order valence-electron chi connectivity index (χ3n) is 9.73. The Kier molecular flexibility index (Phi) is 10.5. The molecule has 3 aromatic heterocycles. The molecule has 5 rings (SSSR count). The van der Waals surface area contributed by atoms with Crippen LogP contribution in [0.15, 0.2) is 8.95 Å². The molecule has 3 aromatic rings. The van der Waals surface area contributed by atoms with Crippen LogP contribution in [0, 0.1) is 20.2 Å². The molecule has 5 heterocycles. The Morgan fingerprint density at radius 2 is 0.750 bits per heavy atom. The summed E-state index contributed by atoms with van der Waals surface area (Å²) >= 11 is 7.86. The Balaban J connectivity index is 2.28. The van der Waals surface area contributed by atoms with Crippen LogP contribution in [0.5, 0.6) is 0 Å². The monoisotopic (exact) mass is 780 g/mol. The molecule has 0 aromatic carbocycles. The molecule has 0 radical (unpaired) electrons. The molecule has 12 heteroatoms. The highest BCUT2D eigenvalue weighted by molar-refractivity contribution is 9.11.